The summed E-state index contributed by atoms with van der Waals surface area (Å²) in [6.45, 7) is 3.10. The number of aromatic nitrogens is 2. The first-order valence-electron chi connectivity index (χ1n) is 7.80. The van der Waals surface area contributed by atoms with E-state index in [4.69, 9.17) is 0 Å². The van der Waals surface area contributed by atoms with E-state index in [0.29, 0.717) is 12.0 Å². The Morgan fingerprint density at radius 2 is 1.95 bits per heavy atom. The molecule has 2 N–H and O–H groups in total. The molecular formula is C17H22N4. The molecule has 0 bridgehead atoms. The van der Waals surface area contributed by atoms with E-state index < -0.39 is 0 Å². The van der Waals surface area contributed by atoms with E-state index in [2.05, 4.69) is 39.7 Å². The van der Waals surface area contributed by atoms with Gasteiger partial charge in [-0.1, -0.05) is 43.7 Å². The van der Waals surface area contributed by atoms with Gasteiger partial charge < -0.3 is 10.6 Å². The summed E-state index contributed by atoms with van der Waals surface area (Å²) in [6, 6.07) is 12.9. The van der Waals surface area contributed by atoms with Crippen LogP contribution in [0.3, 0.4) is 0 Å². The maximum Gasteiger partial charge on any atom is 0.225 e. The number of benzene rings is 1. The summed E-state index contributed by atoms with van der Waals surface area (Å²) in [7, 11) is 0. The van der Waals surface area contributed by atoms with Crippen LogP contribution in [0, 0.1) is 0 Å². The van der Waals surface area contributed by atoms with Crippen LogP contribution in [0.15, 0.2) is 36.4 Å². The summed E-state index contributed by atoms with van der Waals surface area (Å²) in [5.41, 5.74) is 2.09. The molecule has 3 rings (SSSR count). The normalized spacial score (nSPS) is 14.0. The average molecular weight is 282 g/mol. The predicted molar refractivity (Wildman–Crippen MR) is 87.5 cm³/mol. The van der Waals surface area contributed by atoms with Crippen molar-refractivity contribution >= 4 is 11.8 Å². The van der Waals surface area contributed by atoms with E-state index in [-0.39, 0.29) is 0 Å². The zero-order valence-corrected chi connectivity index (χ0v) is 12.5. The Kier molecular flexibility index (Phi) is 4.34. The number of rotatable bonds is 7. The van der Waals surface area contributed by atoms with E-state index >= 15 is 0 Å². The summed E-state index contributed by atoms with van der Waals surface area (Å²) in [4.78, 5) is 9.22. The van der Waals surface area contributed by atoms with Crippen LogP contribution < -0.4 is 10.6 Å². The minimum atomic E-state index is 0.590. The van der Waals surface area contributed by atoms with E-state index in [1.54, 1.807) is 0 Å². The molecule has 21 heavy (non-hydrogen) atoms. The molecule has 1 saturated carbocycles. The minimum Gasteiger partial charge on any atom is -0.367 e. The third-order valence-electron chi connectivity index (χ3n) is 3.54. The van der Waals surface area contributed by atoms with Crippen LogP contribution in [-0.2, 0) is 0 Å². The fourth-order valence-corrected chi connectivity index (χ4v) is 2.17. The molecule has 0 aliphatic heterocycles. The molecule has 1 aromatic heterocycles. The van der Waals surface area contributed by atoms with Crippen molar-refractivity contribution in [3.8, 4) is 11.3 Å². The van der Waals surface area contributed by atoms with Crippen LogP contribution >= 0.6 is 0 Å². The summed E-state index contributed by atoms with van der Waals surface area (Å²) in [5, 5.41) is 6.79. The lowest BCUT2D eigenvalue weighted by molar-refractivity contribution is 0.826. The number of anilines is 2. The fraction of sp³-hybridized carbons (Fsp3) is 0.412. The van der Waals surface area contributed by atoms with Gasteiger partial charge in [0.2, 0.25) is 5.95 Å². The SMILES string of the molecule is CCCCNc1nc(NC2CC2)cc(-c2ccccc2)n1. The van der Waals surface area contributed by atoms with Gasteiger partial charge >= 0.3 is 0 Å². The number of unbranched alkanes of at least 4 members (excludes halogenated alkanes) is 1. The lowest BCUT2D eigenvalue weighted by Gasteiger charge is -2.11. The van der Waals surface area contributed by atoms with Crippen molar-refractivity contribution in [1.29, 1.82) is 0 Å². The summed E-state index contributed by atoms with van der Waals surface area (Å²) in [6.07, 6.45) is 4.77. The van der Waals surface area contributed by atoms with Gasteiger partial charge in [0.25, 0.3) is 0 Å². The smallest absolute Gasteiger partial charge is 0.225 e. The summed E-state index contributed by atoms with van der Waals surface area (Å²) < 4.78 is 0. The zero-order valence-electron chi connectivity index (χ0n) is 12.5. The molecule has 1 aliphatic rings. The first-order valence-corrected chi connectivity index (χ1v) is 7.80. The van der Waals surface area contributed by atoms with Gasteiger partial charge in [0.15, 0.2) is 0 Å². The maximum absolute atomic E-state index is 4.64. The lowest BCUT2D eigenvalue weighted by atomic mass is 10.1. The van der Waals surface area contributed by atoms with Crippen LogP contribution in [0.4, 0.5) is 11.8 Å². The highest BCUT2D eigenvalue weighted by Gasteiger charge is 2.21. The van der Waals surface area contributed by atoms with Gasteiger partial charge in [0, 0.05) is 24.2 Å². The van der Waals surface area contributed by atoms with Gasteiger partial charge in [0.05, 0.1) is 5.69 Å². The standard InChI is InChI=1S/C17H22N4/c1-2-3-11-18-17-20-15(13-7-5-4-6-8-13)12-16(21-17)19-14-9-10-14/h4-8,12,14H,2-3,9-11H2,1H3,(H2,18,19,20,21). The third kappa shape index (κ3) is 3.94. The second-order valence-electron chi connectivity index (χ2n) is 5.53. The van der Waals surface area contributed by atoms with Crippen molar-refractivity contribution in [2.24, 2.45) is 0 Å². The molecule has 0 spiro atoms. The number of hydrogen-bond donors (Lipinski definition) is 2. The predicted octanol–water partition coefficient (Wildman–Crippen LogP) is 3.93. The number of nitrogens with one attached hydrogen (secondary N) is 2. The van der Waals surface area contributed by atoms with Gasteiger partial charge in [-0.25, -0.2) is 4.98 Å². The van der Waals surface area contributed by atoms with Crippen molar-refractivity contribution in [2.75, 3.05) is 17.2 Å². The molecule has 1 aromatic carbocycles. The Hall–Kier alpha value is -2.10. The van der Waals surface area contributed by atoms with E-state index in [9.17, 15) is 0 Å². The monoisotopic (exact) mass is 282 g/mol. The molecule has 0 atom stereocenters. The fourth-order valence-electron chi connectivity index (χ4n) is 2.17. The van der Waals surface area contributed by atoms with Crippen LogP contribution in [-0.4, -0.2) is 22.6 Å². The third-order valence-corrected chi connectivity index (χ3v) is 3.54. The van der Waals surface area contributed by atoms with Gasteiger partial charge in [-0.3, -0.25) is 0 Å². The van der Waals surface area contributed by atoms with E-state index in [1.807, 2.05) is 24.3 Å². The van der Waals surface area contributed by atoms with E-state index in [1.165, 1.54) is 19.3 Å². The molecule has 2 aromatic rings. The second kappa shape index (κ2) is 6.57. The average Bonchev–Trinajstić information content (AvgIpc) is 3.32. The van der Waals surface area contributed by atoms with Crippen molar-refractivity contribution < 1.29 is 0 Å². The topological polar surface area (TPSA) is 49.8 Å². The van der Waals surface area contributed by atoms with Crippen LogP contribution in [0.25, 0.3) is 11.3 Å². The Balaban J connectivity index is 1.84. The molecule has 1 aliphatic carbocycles. The van der Waals surface area contributed by atoms with Gasteiger partial charge in [-0.05, 0) is 19.3 Å². The summed E-state index contributed by atoms with van der Waals surface area (Å²) >= 11 is 0. The van der Waals surface area contributed by atoms with Gasteiger partial charge in [-0.15, -0.1) is 0 Å². The molecule has 110 valence electrons. The molecule has 1 heterocycles. The van der Waals surface area contributed by atoms with Gasteiger partial charge in [-0.2, -0.15) is 4.98 Å². The highest BCUT2D eigenvalue weighted by molar-refractivity contribution is 5.64. The number of hydrogen-bond acceptors (Lipinski definition) is 4. The van der Waals surface area contributed by atoms with Crippen LogP contribution in [0.5, 0.6) is 0 Å². The first kappa shape index (κ1) is 13.9. The lowest BCUT2D eigenvalue weighted by Crippen LogP contribution is -2.09. The Labute approximate surface area is 126 Å². The molecule has 4 heteroatoms. The van der Waals surface area contributed by atoms with Gasteiger partial charge in [0.1, 0.15) is 5.82 Å². The largest absolute Gasteiger partial charge is 0.367 e. The molecule has 0 unspecified atom stereocenters. The second-order valence-corrected chi connectivity index (χ2v) is 5.53. The highest BCUT2D eigenvalue weighted by atomic mass is 15.2. The highest BCUT2D eigenvalue weighted by Crippen LogP contribution is 2.27. The molecular weight excluding hydrogens is 260 g/mol. The van der Waals surface area contributed by atoms with Crippen molar-refractivity contribution in [1.82, 2.24) is 9.97 Å². The van der Waals surface area contributed by atoms with Crippen molar-refractivity contribution in [2.45, 2.75) is 38.6 Å². The zero-order chi connectivity index (χ0) is 14.5. The Bertz CT molecular complexity index is 579. The van der Waals surface area contributed by atoms with Crippen molar-refractivity contribution in [3.63, 3.8) is 0 Å². The molecule has 0 radical (unpaired) electrons. The maximum atomic E-state index is 4.64. The molecule has 0 amide bonds. The molecule has 1 fully saturated rings. The number of nitrogens with zero attached hydrogens (tertiary/aromatic N) is 2. The first-order chi connectivity index (χ1) is 10.3. The Morgan fingerprint density at radius 3 is 2.67 bits per heavy atom. The van der Waals surface area contributed by atoms with Crippen molar-refractivity contribution in [3.05, 3.63) is 36.4 Å². The minimum absolute atomic E-state index is 0.590. The quantitative estimate of drug-likeness (QED) is 0.755. The van der Waals surface area contributed by atoms with Crippen LogP contribution in [0.1, 0.15) is 32.6 Å². The molecule has 0 saturated heterocycles. The molecule has 4 nitrogen and oxygen atoms in total. The summed E-state index contributed by atoms with van der Waals surface area (Å²) in [5.74, 6) is 1.64. The Morgan fingerprint density at radius 1 is 1.14 bits per heavy atom. The van der Waals surface area contributed by atoms with Crippen LogP contribution in [0.2, 0.25) is 0 Å². The van der Waals surface area contributed by atoms with E-state index in [0.717, 1.165) is 30.0 Å².